The van der Waals surface area contributed by atoms with E-state index in [9.17, 15) is 18.0 Å². The molecule has 3 rings (SSSR count). The number of carbonyl (C=O) groups excluding carboxylic acids is 2. The van der Waals surface area contributed by atoms with E-state index in [1.54, 1.807) is 36.4 Å². The van der Waals surface area contributed by atoms with Crippen LogP contribution in [0.4, 0.5) is 16.2 Å². The van der Waals surface area contributed by atoms with Gasteiger partial charge in [-0.25, -0.2) is 9.59 Å². The summed E-state index contributed by atoms with van der Waals surface area (Å²) in [5, 5.41) is 5.23. The molecule has 0 saturated heterocycles. The van der Waals surface area contributed by atoms with Gasteiger partial charge in [0.25, 0.3) is 0 Å². The number of aryl methyl sites for hydroxylation is 1. The monoisotopic (exact) mass is 468 g/mol. The number of ether oxygens (including phenoxy) is 1. The van der Waals surface area contributed by atoms with Crippen molar-refractivity contribution in [2.75, 3.05) is 17.7 Å². The summed E-state index contributed by atoms with van der Waals surface area (Å²) in [7, 11) is -3.07. The molecule has 0 unspecified atom stereocenters. The second-order valence-corrected chi connectivity index (χ2v) is 8.63. The van der Waals surface area contributed by atoms with Crippen molar-refractivity contribution in [2.45, 2.75) is 24.7 Å². The predicted molar refractivity (Wildman–Crippen MR) is 125 cm³/mol. The number of hydrogen-bond acceptors (Lipinski definition) is 6. The highest BCUT2D eigenvalue weighted by Gasteiger charge is 2.22. The molecule has 172 valence electrons. The Kier molecular flexibility index (Phi) is 7.68. The van der Waals surface area contributed by atoms with E-state index in [0.29, 0.717) is 5.69 Å². The number of para-hydroxylation sites is 1. The third-order valence-electron chi connectivity index (χ3n) is 4.63. The molecule has 0 atom stereocenters. The predicted octanol–water partition coefficient (Wildman–Crippen LogP) is 4.84. The van der Waals surface area contributed by atoms with Crippen molar-refractivity contribution in [1.82, 2.24) is 0 Å². The molecule has 2 N–H and O–H groups in total. The van der Waals surface area contributed by atoms with E-state index < -0.39 is 22.1 Å². The molecule has 33 heavy (non-hydrogen) atoms. The number of benzene rings is 3. The minimum Gasteiger partial charge on any atom is -0.465 e. The van der Waals surface area contributed by atoms with Crippen LogP contribution in [0.3, 0.4) is 0 Å². The normalized spacial score (nSPS) is 10.8. The lowest BCUT2D eigenvalue weighted by Gasteiger charge is -2.13. The smallest absolute Gasteiger partial charge is 0.341 e. The van der Waals surface area contributed by atoms with Crippen molar-refractivity contribution in [3.05, 3.63) is 83.9 Å². The Balaban J connectivity index is 1.85. The van der Waals surface area contributed by atoms with Crippen molar-refractivity contribution in [3.8, 4) is 5.75 Å². The highest BCUT2D eigenvalue weighted by atomic mass is 32.2. The van der Waals surface area contributed by atoms with Crippen molar-refractivity contribution >= 4 is 33.5 Å². The molecule has 3 aromatic rings. The van der Waals surface area contributed by atoms with E-state index in [1.807, 2.05) is 13.0 Å². The summed E-state index contributed by atoms with van der Waals surface area (Å²) in [5.74, 6) is -1.05. The van der Waals surface area contributed by atoms with Gasteiger partial charge in [-0.15, -0.1) is 0 Å². The molecule has 0 heterocycles. The molecule has 0 aliphatic carbocycles. The number of nitrogens with one attached hydrogen (secondary N) is 2. The number of esters is 1. The molecule has 2 amide bonds. The van der Waals surface area contributed by atoms with Gasteiger partial charge in [0.1, 0.15) is 10.5 Å². The summed E-state index contributed by atoms with van der Waals surface area (Å²) in [6.07, 6.45) is 1.76. The Morgan fingerprint density at radius 2 is 1.55 bits per heavy atom. The number of urea groups is 1. The summed E-state index contributed by atoms with van der Waals surface area (Å²) in [6.45, 7) is 2.03. The molecular weight excluding hydrogens is 444 g/mol. The van der Waals surface area contributed by atoms with Gasteiger partial charge in [0, 0.05) is 17.4 Å². The standard InChI is InChI=1S/C24H24N2O6S/c1-3-7-17-10-13-20(14-11-17)33(29,30)32-22-16-19(12-15-21(22)23(27)31-2)26-24(28)25-18-8-5-4-6-9-18/h4-6,8-16H,3,7H2,1-2H3,(H2,25,26,28). The largest absolute Gasteiger partial charge is 0.465 e. The summed E-state index contributed by atoms with van der Waals surface area (Å²) in [5.41, 5.74) is 1.70. The lowest BCUT2D eigenvalue weighted by Crippen LogP contribution is -2.20. The Morgan fingerprint density at radius 3 is 2.18 bits per heavy atom. The SMILES string of the molecule is CCCc1ccc(S(=O)(=O)Oc2cc(NC(=O)Nc3ccccc3)ccc2C(=O)OC)cc1. The molecular formula is C24H24N2O6S. The average molecular weight is 469 g/mol. The van der Waals surface area contributed by atoms with Gasteiger partial charge in [-0.3, -0.25) is 0 Å². The minimum atomic E-state index is -4.24. The first-order valence-corrected chi connectivity index (χ1v) is 11.6. The van der Waals surface area contributed by atoms with E-state index in [2.05, 4.69) is 10.6 Å². The van der Waals surface area contributed by atoms with E-state index in [-0.39, 0.29) is 21.9 Å². The second kappa shape index (κ2) is 10.6. The third-order valence-corrected chi connectivity index (χ3v) is 5.88. The molecule has 0 radical (unpaired) electrons. The van der Waals surface area contributed by atoms with E-state index in [1.165, 1.54) is 37.4 Å². The quantitative estimate of drug-likeness (QED) is 0.362. The van der Waals surface area contributed by atoms with Gasteiger partial charge in [0.2, 0.25) is 0 Å². The Labute approximate surface area is 192 Å². The van der Waals surface area contributed by atoms with Gasteiger partial charge in [0.15, 0.2) is 5.75 Å². The summed E-state index contributed by atoms with van der Waals surface area (Å²) in [6, 6.07) is 18.6. The number of rotatable bonds is 8. The number of carbonyl (C=O) groups is 2. The highest BCUT2D eigenvalue weighted by Crippen LogP contribution is 2.28. The number of hydrogen-bond donors (Lipinski definition) is 2. The summed E-state index contributed by atoms with van der Waals surface area (Å²) >= 11 is 0. The Morgan fingerprint density at radius 1 is 0.879 bits per heavy atom. The van der Waals surface area contributed by atoms with Gasteiger partial charge < -0.3 is 19.6 Å². The maximum Gasteiger partial charge on any atom is 0.341 e. The molecule has 0 aliphatic heterocycles. The lowest BCUT2D eigenvalue weighted by atomic mass is 10.1. The van der Waals surface area contributed by atoms with Crippen LogP contribution in [0, 0.1) is 0 Å². The minimum absolute atomic E-state index is 0.0571. The van der Waals surface area contributed by atoms with Crippen molar-refractivity contribution in [2.24, 2.45) is 0 Å². The second-order valence-electron chi connectivity index (χ2n) is 7.08. The summed E-state index contributed by atoms with van der Waals surface area (Å²) in [4.78, 5) is 24.4. The fourth-order valence-corrected chi connectivity index (χ4v) is 3.98. The average Bonchev–Trinajstić information content (AvgIpc) is 2.80. The van der Waals surface area contributed by atoms with Crippen LogP contribution in [-0.2, 0) is 21.3 Å². The van der Waals surface area contributed by atoms with Crippen LogP contribution >= 0.6 is 0 Å². The number of anilines is 2. The van der Waals surface area contributed by atoms with Crippen LogP contribution in [0.5, 0.6) is 5.75 Å². The van der Waals surface area contributed by atoms with E-state index >= 15 is 0 Å². The zero-order valence-electron chi connectivity index (χ0n) is 18.2. The molecule has 0 spiro atoms. The van der Waals surface area contributed by atoms with Gasteiger partial charge in [-0.05, 0) is 48.4 Å². The van der Waals surface area contributed by atoms with Gasteiger partial charge in [-0.1, -0.05) is 43.7 Å². The molecule has 0 aliphatic rings. The van der Waals surface area contributed by atoms with Gasteiger partial charge >= 0.3 is 22.1 Å². The van der Waals surface area contributed by atoms with E-state index in [0.717, 1.165) is 18.4 Å². The molecule has 9 heteroatoms. The van der Waals surface area contributed by atoms with Crippen LogP contribution in [0.2, 0.25) is 0 Å². The fraction of sp³-hybridized carbons (Fsp3) is 0.167. The molecule has 8 nitrogen and oxygen atoms in total. The molecule has 0 aromatic heterocycles. The van der Waals surface area contributed by atoms with Crippen molar-refractivity contribution in [1.29, 1.82) is 0 Å². The fourth-order valence-electron chi connectivity index (χ4n) is 3.04. The van der Waals surface area contributed by atoms with Crippen LogP contribution in [0.1, 0.15) is 29.3 Å². The number of methoxy groups -OCH3 is 1. The van der Waals surface area contributed by atoms with Crippen molar-refractivity contribution < 1.29 is 26.9 Å². The van der Waals surface area contributed by atoms with Gasteiger partial charge in [-0.2, -0.15) is 8.42 Å². The molecule has 0 bridgehead atoms. The summed E-state index contributed by atoms with van der Waals surface area (Å²) < 4.78 is 35.7. The first-order valence-electron chi connectivity index (χ1n) is 10.2. The first kappa shape index (κ1) is 23.8. The maximum absolute atomic E-state index is 12.8. The van der Waals surface area contributed by atoms with Crippen LogP contribution in [0.15, 0.2) is 77.7 Å². The molecule has 0 saturated carbocycles. The van der Waals surface area contributed by atoms with Crippen LogP contribution < -0.4 is 14.8 Å². The zero-order valence-corrected chi connectivity index (χ0v) is 19.0. The van der Waals surface area contributed by atoms with Gasteiger partial charge in [0.05, 0.1) is 7.11 Å². The Hall–Kier alpha value is -3.85. The van der Waals surface area contributed by atoms with Crippen molar-refractivity contribution in [3.63, 3.8) is 0 Å². The van der Waals surface area contributed by atoms with Crippen LogP contribution in [-0.4, -0.2) is 27.5 Å². The topological polar surface area (TPSA) is 111 Å². The number of amides is 2. The first-order chi connectivity index (χ1) is 15.8. The highest BCUT2D eigenvalue weighted by molar-refractivity contribution is 7.87. The lowest BCUT2D eigenvalue weighted by molar-refractivity contribution is 0.0599. The molecule has 0 fully saturated rings. The Bertz CT molecular complexity index is 1230. The zero-order chi connectivity index (χ0) is 23.8. The molecule has 3 aromatic carbocycles. The maximum atomic E-state index is 12.8. The third kappa shape index (κ3) is 6.33. The van der Waals surface area contributed by atoms with E-state index in [4.69, 9.17) is 8.92 Å². The van der Waals surface area contributed by atoms with Crippen LogP contribution in [0.25, 0.3) is 0 Å².